The maximum absolute atomic E-state index is 11.2. The molecule has 8 nitrogen and oxygen atoms in total. The molecule has 1 aromatic carbocycles. The number of nitrogens with zero attached hydrogens (tertiary/aromatic N) is 3. The van der Waals surface area contributed by atoms with E-state index in [1.807, 2.05) is 11.5 Å². The summed E-state index contributed by atoms with van der Waals surface area (Å²) >= 11 is 0. The Bertz CT molecular complexity index is 680. The van der Waals surface area contributed by atoms with Crippen LogP contribution in [0.25, 0.3) is 0 Å². The summed E-state index contributed by atoms with van der Waals surface area (Å²) in [6.07, 6.45) is 3.37. The van der Waals surface area contributed by atoms with Crippen LogP contribution < -0.4 is 4.74 Å². The topological polar surface area (TPSA) is 107 Å². The lowest BCUT2D eigenvalue weighted by atomic mass is 10.1. The molecule has 0 atom stereocenters. The number of aryl methyl sites for hydroxylation is 1. The number of aromatic carboxylic acids is 1. The van der Waals surface area contributed by atoms with E-state index in [0.717, 1.165) is 6.07 Å². The lowest BCUT2D eigenvalue weighted by Crippen LogP contribution is -2.09. The van der Waals surface area contributed by atoms with Crippen molar-refractivity contribution in [1.82, 2.24) is 9.55 Å². The molecule has 2 aromatic rings. The van der Waals surface area contributed by atoms with Gasteiger partial charge >= 0.3 is 5.97 Å². The first-order valence-corrected chi connectivity index (χ1v) is 6.18. The molecule has 0 radical (unpaired) electrons. The Morgan fingerprint density at radius 1 is 1.52 bits per heavy atom. The molecule has 1 heterocycles. The minimum absolute atomic E-state index is 0.0300. The Kier molecular flexibility index (Phi) is 4.17. The van der Waals surface area contributed by atoms with Gasteiger partial charge in [0.1, 0.15) is 18.2 Å². The molecule has 0 saturated heterocycles. The zero-order chi connectivity index (χ0) is 15.4. The molecule has 2 rings (SSSR count). The van der Waals surface area contributed by atoms with Crippen molar-refractivity contribution in [2.24, 2.45) is 0 Å². The van der Waals surface area contributed by atoms with Crippen LogP contribution in [-0.4, -0.2) is 25.6 Å². The number of carboxylic acid groups (broad SMARTS) is 1. The van der Waals surface area contributed by atoms with E-state index in [1.165, 1.54) is 12.1 Å². The highest BCUT2D eigenvalue weighted by Crippen LogP contribution is 2.28. The summed E-state index contributed by atoms with van der Waals surface area (Å²) < 4.78 is 7.24. The SMILES string of the molecule is CCn1ccnc1COc1cccc([N+](=O)[O-])c1C(=O)O. The highest BCUT2D eigenvalue weighted by molar-refractivity contribution is 5.95. The van der Waals surface area contributed by atoms with Gasteiger partial charge in [-0.2, -0.15) is 0 Å². The molecule has 0 fully saturated rings. The fourth-order valence-corrected chi connectivity index (χ4v) is 1.92. The second-order valence-electron chi connectivity index (χ2n) is 4.13. The van der Waals surface area contributed by atoms with Crippen molar-refractivity contribution < 1.29 is 19.6 Å². The number of nitro groups is 1. The highest BCUT2D eigenvalue weighted by atomic mass is 16.6. The molecular weight excluding hydrogens is 278 g/mol. The van der Waals surface area contributed by atoms with Crippen molar-refractivity contribution in [3.63, 3.8) is 0 Å². The molecule has 0 spiro atoms. The summed E-state index contributed by atoms with van der Waals surface area (Å²) in [5.41, 5.74) is -0.962. The number of imidazole rings is 1. The van der Waals surface area contributed by atoms with Crippen LogP contribution in [0.4, 0.5) is 5.69 Å². The molecule has 0 aliphatic rings. The van der Waals surface area contributed by atoms with Crippen LogP contribution in [0, 0.1) is 10.1 Å². The number of benzene rings is 1. The summed E-state index contributed by atoms with van der Waals surface area (Å²) in [6.45, 7) is 2.66. The van der Waals surface area contributed by atoms with Gasteiger partial charge in [-0.1, -0.05) is 6.07 Å². The number of hydrogen-bond donors (Lipinski definition) is 1. The molecular formula is C13H13N3O5. The van der Waals surface area contributed by atoms with Crippen LogP contribution in [0.3, 0.4) is 0 Å². The third kappa shape index (κ3) is 2.99. The molecule has 1 N–H and O–H groups in total. The fraction of sp³-hybridized carbons (Fsp3) is 0.231. The lowest BCUT2D eigenvalue weighted by Gasteiger charge is -2.10. The second-order valence-corrected chi connectivity index (χ2v) is 4.13. The van der Waals surface area contributed by atoms with Gasteiger partial charge in [0, 0.05) is 25.0 Å². The van der Waals surface area contributed by atoms with Gasteiger partial charge in [-0.05, 0) is 13.0 Å². The molecule has 1 aromatic heterocycles. The monoisotopic (exact) mass is 291 g/mol. The third-order valence-electron chi connectivity index (χ3n) is 2.91. The van der Waals surface area contributed by atoms with Gasteiger partial charge in [-0.25, -0.2) is 9.78 Å². The number of ether oxygens (including phenoxy) is 1. The lowest BCUT2D eigenvalue weighted by molar-refractivity contribution is -0.385. The van der Waals surface area contributed by atoms with Crippen molar-refractivity contribution in [1.29, 1.82) is 0 Å². The minimum atomic E-state index is -1.41. The standard InChI is InChI=1S/C13H13N3O5/c1-2-15-7-6-14-11(15)8-21-10-5-3-4-9(16(19)20)12(10)13(17)18/h3-7H,2,8H2,1H3,(H,17,18). The highest BCUT2D eigenvalue weighted by Gasteiger charge is 2.24. The Labute approximate surface area is 119 Å². The molecule has 21 heavy (non-hydrogen) atoms. The van der Waals surface area contributed by atoms with E-state index in [-0.39, 0.29) is 12.4 Å². The van der Waals surface area contributed by atoms with Crippen molar-refractivity contribution in [2.75, 3.05) is 0 Å². The van der Waals surface area contributed by atoms with Gasteiger partial charge < -0.3 is 14.4 Å². The molecule has 0 aliphatic carbocycles. The maximum atomic E-state index is 11.2. The van der Waals surface area contributed by atoms with Crippen LogP contribution in [0.2, 0.25) is 0 Å². The second kappa shape index (κ2) is 6.04. The van der Waals surface area contributed by atoms with E-state index in [9.17, 15) is 14.9 Å². The predicted molar refractivity (Wildman–Crippen MR) is 72.3 cm³/mol. The van der Waals surface area contributed by atoms with E-state index in [0.29, 0.717) is 12.4 Å². The summed E-state index contributed by atoms with van der Waals surface area (Å²) in [4.78, 5) is 25.5. The number of hydrogen-bond acceptors (Lipinski definition) is 5. The number of carbonyl (C=O) groups is 1. The summed E-state index contributed by atoms with van der Waals surface area (Å²) in [5.74, 6) is -0.848. The average Bonchev–Trinajstić information content (AvgIpc) is 2.91. The Balaban J connectivity index is 2.30. The Morgan fingerprint density at radius 3 is 2.90 bits per heavy atom. The maximum Gasteiger partial charge on any atom is 0.346 e. The van der Waals surface area contributed by atoms with Crippen molar-refractivity contribution >= 4 is 11.7 Å². The first-order chi connectivity index (χ1) is 10.0. The van der Waals surface area contributed by atoms with Crippen LogP contribution in [-0.2, 0) is 13.2 Å². The average molecular weight is 291 g/mol. The van der Waals surface area contributed by atoms with Crippen molar-refractivity contribution in [3.05, 3.63) is 52.1 Å². The fourth-order valence-electron chi connectivity index (χ4n) is 1.92. The van der Waals surface area contributed by atoms with Gasteiger partial charge in [-0.3, -0.25) is 10.1 Å². The Hall–Kier alpha value is -2.90. The van der Waals surface area contributed by atoms with Crippen molar-refractivity contribution in [3.8, 4) is 5.75 Å². The third-order valence-corrected chi connectivity index (χ3v) is 2.91. The molecule has 0 unspecified atom stereocenters. The zero-order valence-corrected chi connectivity index (χ0v) is 11.2. The minimum Gasteiger partial charge on any atom is -0.485 e. The first kappa shape index (κ1) is 14.5. The van der Waals surface area contributed by atoms with E-state index in [1.54, 1.807) is 12.4 Å². The Morgan fingerprint density at radius 2 is 2.29 bits per heavy atom. The summed E-state index contributed by atoms with van der Waals surface area (Å²) in [6, 6.07) is 3.89. The van der Waals surface area contributed by atoms with E-state index < -0.39 is 22.1 Å². The van der Waals surface area contributed by atoms with E-state index in [4.69, 9.17) is 9.84 Å². The number of aromatic nitrogens is 2. The number of nitro benzene ring substituents is 1. The number of rotatable bonds is 6. The van der Waals surface area contributed by atoms with Crippen LogP contribution in [0.5, 0.6) is 5.75 Å². The molecule has 0 saturated carbocycles. The molecule has 8 heteroatoms. The van der Waals surface area contributed by atoms with Gasteiger partial charge in [0.15, 0.2) is 5.56 Å². The molecule has 0 aliphatic heterocycles. The van der Waals surface area contributed by atoms with Gasteiger partial charge in [0.2, 0.25) is 0 Å². The molecule has 0 amide bonds. The van der Waals surface area contributed by atoms with Gasteiger partial charge in [-0.15, -0.1) is 0 Å². The molecule has 0 bridgehead atoms. The summed E-state index contributed by atoms with van der Waals surface area (Å²) in [5, 5.41) is 20.0. The van der Waals surface area contributed by atoms with Gasteiger partial charge in [0.25, 0.3) is 5.69 Å². The predicted octanol–water partition coefficient (Wildman–Crippen LogP) is 2.09. The summed E-state index contributed by atoms with van der Waals surface area (Å²) in [7, 11) is 0. The zero-order valence-electron chi connectivity index (χ0n) is 11.2. The van der Waals surface area contributed by atoms with Gasteiger partial charge in [0.05, 0.1) is 4.92 Å². The van der Waals surface area contributed by atoms with Crippen LogP contribution in [0.1, 0.15) is 23.1 Å². The van der Waals surface area contributed by atoms with E-state index >= 15 is 0 Å². The smallest absolute Gasteiger partial charge is 0.346 e. The molecule has 110 valence electrons. The quantitative estimate of drug-likeness (QED) is 0.645. The normalized spacial score (nSPS) is 10.3. The largest absolute Gasteiger partial charge is 0.485 e. The van der Waals surface area contributed by atoms with Crippen molar-refractivity contribution in [2.45, 2.75) is 20.1 Å². The van der Waals surface area contributed by atoms with Crippen LogP contribution >= 0.6 is 0 Å². The van der Waals surface area contributed by atoms with Crippen LogP contribution in [0.15, 0.2) is 30.6 Å². The number of carboxylic acids is 1. The first-order valence-electron chi connectivity index (χ1n) is 6.18. The van der Waals surface area contributed by atoms with E-state index in [2.05, 4.69) is 4.98 Å².